The maximum Gasteiger partial charge on any atom is 0.246 e. The van der Waals surface area contributed by atoms with Gasteiger partial charge in [0.15, 0.2) is 0 Å². The van der Waals surface area contributed by atoms with Gasteiger partial charge in [-0.15, -0.1) is 0 Å². The monoisotopic (exact) mass is 416 g/mol. The number of nitrogens with one attached hydrogen (secondary N) is 1. The SMILES string of the molecule is CCOc1ccc(NC(=O)C2(c3ccccc3)CC2)cc1S(=O)(=O)N(CC)CC. The van der Waals surface area contributed by atoms with Crippen molar-refractivity contribution < 1.29 is 17.9 Å². The Hall–Kier alpha value is -2.38. The molecule has 2 aromatic carbocycles. The van der Waals surface area contributed by atoms with E-state index in [-0.39, 0.29) is 10.8 Å². The molecule has 1 N–H and O–H groups in total. The molecule has 1 fully saturated rings. The number of amides is 1. The number of anilines is 1. The lowest BCUT2D eigenvalue weighted by Gasteiger charge is -2.21. The number of hydrogen-bond donors (Lipinski definition) is 1. The summed E-state index contributed by atoms with van der Waals surface area (Å²) in [5, 5.41) is 2.92. The van der Waals surface area contributed by atoms with Crippen LogP contribution in [0.4, 0.5) is 5.69 Å². The molecule has 0 unspecified atom stereocenters. The highest BCUT2D eigenvalue weighted by Gasteiger charge is 2.51. The van der Waals surface area contributed by atoms with E-state index in [1.165, 1.54) is 10.4 Å². The second kappa shape index (κ2) is 8.55. The molecule has 3 rings (SSSR count). The Balaban J connectivity index is 1.92. The van der Waals surface area contributed by atoms with E-state index < -0.39 is 15.4 Å². The fourth-order valence-electron chi connectivity index (χ4n) is 3.54. The van der Waals surface area contributed by atoms with Gasteiger partial charge in [0.1, 0.15) is 10.6 Å². The molecule has 0 spiro atoms. The fourth-order valence-corrected chi connectivity index (χ4v) is 5.16. The third-order valence-corrected chi connectivity index (χ3v) is 7.41. The largest absolute Gasteiger partial charge is 0.492 e. The van der Waals surface area contributed by atoms with Gasteiger partial charge in [-0.1, -0.05) is 44.2 Å². The highest BCUT2D eigenvalue weighted by molar-refractivity contribution is 7.89. The van der Waals surface area contributed by atoms with Crippen molar-refractivity contribution in [3.05, 3.63) is 54.1 Å². The van der Waals surface area contributed by atoms with Crippen molar-refractivity contribution in [3.63, 3.8) is 0 Å². The van der Waals surface area contributed by atoms with Crippen LogP contribution >= 0.6 is 0 Å². The van der Waals surface area contributed by atoms with Gasteiger partial charge >= 0.3 is 0 Å². The Morgan fingerprint density at radius 3 is 2.28 bits per heavy atom. The van der Waals surface area contributed by atoms with Crippen molar-refractivity contribution in [3.8, 4) is 5.75 Å². The Labute approximate surface area is 172 Å². The van der Waals surface area contributed by atoms with Crippen molar-refractivity contribution in [2.24, 2.45) is 0 Å². The zero-order valence-electron chi connectivity index (χ0n) is 17.1. The smallest absolute Gasteiger partial charge is 0.246 e. The van der Waals surface area contributed by atoms with Gasteiger partial charge in [-0.05, 0) is 43.5 Å². The number of carbonyl (C=O) groups is 1. The van der Waals surface area contributed by atoms with Gasteiger partial charge in [0, 0.05) is 18.8 Å². The van der Waals surface area contributed by atoms with Gasteiger partial charge < -0.3 is 10.1 Å². The maximum absolute atomic E-state index is 13.1. The Morgan fingerprint density at radius 1 is 1.07 bits per heavy atom. The van der Waals surface area contributed by atoms with Gasteiger partial charge in [0.05, 0.1) is 12.0 Å². The van der Waals surface area contributed by atoms with Crippen molar-refractivity contribution >= 4 is 21.6 Å². The predicted octanol–water partition coefficient (Wildman–Crippen LogP) is 3.79. The average Bonchev–Trinajstić information content (AvgIpc) is 3.53. The van der Waals surface area contributed by atoms with Gasteiger partial charge in [-0.2, -0.15) is 4.31 Å². The standard InChI is InChI=1S/C22H28N2O4S/c1-4-24(5-2)29(26,27)20-16-18(12-13-19(20)28-6-3)23-21(25)22(14-15-22)17-10-8-7-9-11-17/h7-13,16H,4-6,14-15H2,1-3H3,(H,23,25). The van der Waals surface area contributed by atoms with Crippen LogP contribution in [0.5, 0.6) is 5.75 Å². The molecular formula is C22H28N2O4S. The minimum atomic E-state index is -3.73. The average molecular weight is 417 g/mol. The molecule has 29 heavy (non-hydrogen) atoms. The molecule has 1 amide bonds. The van der Waals surface area contributed by atoms with Crippen LogP contribution in [0.1, 0.15) is 39.2 Å². The number of hydrogen-bond acceptors (Lipinski definition) is 4. The molecule has 0 heterocycles. The minimum absolute atomic E-state index is 0.0745. The summed E-state index contributed by atoms with van der Waals surface area (Å²) < 4.78 is 33.1. The first-order valence-electron chi connectivity index (χ1n) is 10.0. The zero-order chi connectivity index (χ0) is 21.1. The van der Waals surface area contributed by atoms with Crippen LogP contribution in [0.2, 0.25) is 0 Å². The van der Waals surface area contributed by atoms with E-state index in [9.17, 15) is 13.2 Å². The minimum Gasteiger partial charge on any atom is -0.492 e. The van der Waals surface area contributed by atoms with Crippen molar-refractivity contribution in [1.82, 2.24) is 4.31 Å². The quantitative estimate of drug-likeness (QED) is 0.675. The summed E-state index contributed by atoms with van der Waals surface area (Å²) >= 11 is 0. The van der Waals surface area contributed by atoms with Crippen LogP contribution < -0.4 is 10.1 Å². The van der Waals surface area contributed by atoms with E-state index in [2.05, 4.69) is 5.32 Å². The third kappa shape index (κ3) is 4.16. The Morgan fingerprint density at radius 2 is 1.72 bits per heavy atom. The van der Waals surface area contributed by atoms with Crippen LogP contribution in [0.15, 0.2) is 53.4 Å². The number of sulfonamides is 1. The first-order chi connectivity index (χ1) is 13.9. The van der Waals surface area contributed by atoms with Crippen molar-refractivity contribution in [2.75, 3.05) is 25.0 Å². The number of rotatable bonds is 9. The number of ether oxygens (including phenoxy) is 1. The molecule has 1 saturated carbocycles. The van der Waals surface area contributed by atoms with Crippen molar-refractivity contribution in [2.45, 2.75) is 43.9 Å². The third-order valence-electron chi connectivity index (χ3n) is 5.34. The molecule has 0 aliphatic heterocycles. The summed E-state index contributed by atoms with van der Waals surface area (Å²) in [6.45, 7) is 6.47. The highest BCUT2D eigenvalue weighted by atomic mass is 32.2. The second-order valence-corrected chi connectivity index (χ2v) is 8.99. The fraction of sp³-hybridized carbons (Fsp3) is 0.409. The Kier molecular flexibility index (Phi) is 6.29. The van der Waals surface area contributed by atoms with Crippen LogP contribution in [-0.2, 0) is 20.2 Å². The van der Waals surface area contributed by atoms with Crippen LogP contribution in [0.3, 0.4) is 0 Å². The summed E-state index contributed by atoms with van der Waals surface area (Å²) in [6.07, 6.45) is 1.56. The molecule has 6 nitrogen and oxygen atoms in total. The van der Waals surface area contributed by atoms with Gasteiger partial charge in [-0.3, -0.25) is 4.79 Å². The number of benzene rings is 2. The maximum atomic E-state index is 13.1. The van der Waals surface area contributed by atoms with Crippen LogP contribution in [0.25, 0.3) is 0 Å². The topological polar surface area (TPSA) is 75.7 Å². The molecule has 2 aromatic rings. The lowest BCUT2D eigenvalue weighted by molar-refractivity contribution is -0.118. The van der Waals surface area contributed by atoms with E-state index in [4.69, 9.17) is 4.74 Å². The Bertz CT molecular complexity index is 966. The van der Waals surface area contributed by atoms with Gasteiger partial charge in [-0.25, -0.2) is 8.42 Å². The predicted molar refractivity (Wildman–Crippen MR) is 114 cm³/mol. The molecule has 0 aromatic heterocycles. The number of carbonyl (C=O) groups excluding carboxylic acids is 1. The van der Waals surface area contributed by atoms with Gasteiger partial charge in [0.25, 0.3) is 0 Å². The normalized spacial score (nSPS) is 15.2. The molecule has 0 atom stereocenters. The first kappa shape index (κ1) is 21.3. The van der Waals surface area contributed by atoms with Gasteiger partial charge in [0.2, 0.25) is 15.9 Å². The molecule has 156 valence electrons. The van der Waals surface area contributed by atoms with E-state index in [0.717, 1.165) is 18.4 Å². The highest BCUT2D eigenvalue weighted by Crippen LogP contribution is 2.49. The summed E-state index contributed by atoms with van der Waals surface area (Å²) in [4.78, 5) is 13.1. The molecule has 0 radical (unpaired) electrons. The van der Waals surface area contributed by atoms with Crippen LogP contribution in [-0.4, -0.2) is 38.3 Å². The first-order valence-corrected chi connectivity index (χ1v) is 11.5. The molecule has 0 saturated heterocycles. The molecule has 0 bridgehead atoms. The summed E-state index contributed by atoms with van der Waals surface area (Å²) in [7, 11) is -3.73. The van der Waals surface area contributed by atoms with E-state index >= 15 is 0 Å². The molecule has 1 aliphatic rings. The van der Waals surface area contributed by atoms with E-state index in [0.29, 0.717) is 31.1 Å². The lowest BCUT2D eigenvalue weighted by Crippen LogP contribution is -2.31. The lowest BCUT2D eigenvalue weighted by atomic mass is 9.95. The van der Waals surface area contributed by atoms with E-state index in [1.807, 2.05) is 30.3 Å². The molecule has 1 aliphatic carbocycles. The summed E-state index contributed by atoms with van der Waals surface area (Å²) in [5.41, 5.74) is 0.906. The van der Waals surface area contributed by atoms with Crippen LogP contribution in [0, 0.1) is 0 Å². The molecule has 7 heteroatoms. The molecular weight excluding hydrogens is 388 g/mol. The van der Waals surface area contributed by atoms with E-state index in [1.54, 1.807) is 32.9 Å². The van der Waals surface area contributed by atoms with Crippen molar-refractivity contribution in [1.29, 1.82) is 0 Å². The summed E-state index contributed by atoms with van der Waals surface area (Å²) in [6, 6.07) is 14.5. The number of nitrogens with zero attached hydrogens (tertiary/aromatic N) is 1. The summed E-state index contributed by atoms with van der Waals surface area (Å²) in [5.74, 6) is 0.181. The second-order valence-electron chi connectivity index (χ2n) is 7.09. The zero-order valence-corrected chi connectivity index (χ0v) is 18.0.